The molecule has 0 aliphatic carbocycles. The summed E-state index contributed by atoms with van der Waals surface area (Å²) in [4.78, 5) is 0. The van der Waals surface area contributed by atoms with E-state index in [9.17, 15) is 8.42 Å². The molecule has 0 aromatic carbocycles. The van der Waals surface area contributed by atoms with Crippen LogP contribution in [0.15, 0.2) is 6.20 Å². The van der Waals surface area contributed by atoms with Crippen molar-refractivity contribution >= 4 is 21.6 Å². The molecule has 0 bridgehead atoms. The van der Waals surface area contributed by atoms with Crippen molar-refractivity contribution in [2.45, 2.75) is 26.3 Å². The van der Waals surface area contributed by atoms with E-state index in [0.717, 1.165) is 6.42 Å². The second-order valence-corrected chi connectivity index (χ2v) is 5.70. The highest BCUT2D eigenvalue weighted by atomic mass is 32.2. The van der Waals surface area contributed by atoms with E-state index in [1.165, 1.54) is 6.20 Å². The molecular weight excluding hydrogens is 244 g/mol. The summed E-state index contributed by atoms with van der Waals surface area (Å²) in [6.45, 7) is 2.35. The van der Waals surface area contributed by atoms with Crippen LogP contribution in [-0.2, 0) is 16.7 Å². The maximum atomic E-state index is 10.6. The Hall–Kier alpha value is -1.28. The molecule has 98 valence electrons. The number of anilines is 2. The van der Waals surface area contributed by atoms with Gasteiger partial charge < -0.3 is 11.5 Å². The summed E-state index contributed by atoms with van der Waals surface area (Å²) in [5, 5.41) is 3.99. The molecule has 8 heteroatoms. The van der Waals surface area contributed by atoms with Crippen LogP contribution in [0.1, 0.15) is 19.8 Å². The molecule has 0 saturated heterocycles. The van der Waals surface area contributed by atoms with E-state index < -0.39 is 10.1 Å². The minimum atomic E-state index is -3.89. The van der Waals surface area contributed by atoms with Gasteiger partial charge in [0.2, 0.25) is 0 Å². The molecule has 0 aliphatic rings. The zero-order valence-corrected chi connectivity index (χ0v) is 10.5. The molecule has 0 radical (unpaired) electrons. The van der Waals surface area contributed by atoms with Gasteiger partial charge in [-0.1, -0.05) is 6.92 Å². The van der Waals surface area contributed by atoms with Crippen LogP contribution in [0.2, 0.25) is 0 Å². The van der Waals surface area contributed by atoms with Gasteiger partial charge in [-0.15, -0.1) is 0 Å². The fraction of sp³-hybridized carbons (Fsp3) is 0.667. The van der Waals surface area contributed by atoms with Crippen molar-refractivity contribution in [1.82, 2.24) is 9.78 Å². The standard InChI is InChI=1S/C9H18N4O3S/c1-7(6-17(14,15)16)3-2-4-13-9(11)8(10)5-12-13/h5,7H,2-4,6,10-11H2,1H3,(H,14,15,16). The highest BCUT2D eigenvalue weighted by Gasteiger charge is 2.12. The van der Waals surface area contributed by atoms with Gasteiger partial charge in [0, 0.05) is 6.54 Å². The van der Waals surface area contributed by atoms with Crippen LogP contribution in [0.3, 0.4) is 0 Å². The summed E-state index contributed by atoms with van der Waals surface area (Å²) in [6, 6.07) is 0. The quantitative estimate of drug-likeness (QED) is 0.635. The summed E-state index contributed by atoms with van der Waals surface area (Å²) >= 11 is 0. The molecule has 0 fully saturated rings. The maximum Gasteiger partial charge on any atom is 0.265 e. The molecule has 1 rings (SSSR count). The van der Waals surface area contributed by atoms with Crippen molar-refractivity contribution in [2.75, 3.05) is 17.2 Å². The lowest BCUT2D eigenvalue weighted by atomic mass is 10.1. The zero-order valence-electron chi connectivity index (χ0n) is 9.70. The average Bonchev–Trinajstić information content (AvgIpc) is 2.46. The van der Waals surface area contributed by atoms with Crippen LogP contribution >= 0.6 is 0 Å². The number of aromatic nitrogens is 2. The molecular formula is C9H18N4O3S. The summed E-state index contributed by atoms with van der Waals surface area (Å²) in [6.07, 6.45) is 2.87. The predicted octanol–water partition coefficient (Wildman–Crippen LogP) is 0.352. The highest BCUT2D eigenvalue weighted by molar-refractivity contribution is 7.85. The second-order valence-electron chi connectivity index (χ2n) is 4.20. The van der Waals surface area contributed by atoms with Crippen LogP contribution < -0.4 is 11.5 Å². The lowest BCUT2D eigenvalue weighted by Crippen LogP contribution is -2.14. The van der Waals surface area contributed by atoms with Gasteiger partial charge in [0.25, 0.3) is 10.1 Å². The van der Waals surface area contributed by atoms with Crippen molar-refractivity contribution in [3.63, 3.8) is 0 Å². The van der Waals surface area contributed by atoms with Gasteiger partial charge in [0.15, 0.2) is 0 Å². The van der Waals surface area contributed by atoms with Gasteiger partial charge in [-0.05, 0) is 18.8 Å². The Bertz CT molecular complexity index is 469. The van der Waals surface area contributed by atoms with Crippen molar-refractivity contribution in [2.24, 2.45) is 5.92 Å². The van der Waals surface area contributed by atoms with E-state index in [1.807, 2.05) is 0 Å². The fourth-order valence-corrected chi connectivity index (χ4v) is 2.51. The Kier molecular flexibility index (Phi) is 4.35. The van der Waals surface area contributed by atoms with Crippen LogP contribution in [0.4, 0.5) is 11.5 Å². The molecule has 1 unspecified atom stereocenters. The molecule has 7 nitrogen and oxygen atoms in total. The number of rotatable bonds is 6. The normalized spacial score (nSPS) is 13.8. The molecule has 5 N–H and O–H groups in total. The SMILES string of the molecule is CC(CCCn1ncc(N)c1N)CS(=O)(=O)O. The summed E-state index contributed by atoms with van der Waals surface area (Å²) in [5.41, 5.74) is 11.6. The van der Waals surface area contributed by atoms with E-state index in [4.69, 9.17) is 16.0 Å². The predicted molar refractivity (Wildman–Crippen MR) is 65.9 cm³/mol. The van der Waals surface area contributed by atoms with Gasteiger partial charge in [0.05, 0.1) is 17.6 Å². The number of nitrogens with zero attached hydrogens (tertiary/aromatic N) is 2. The number of aryl methyl sites for hydroxylation is 1. The van der Waals surface area contributed by atoms with Gasteiger partial charge in [-0.25, -0.2) is 4.68 Å². The van der Waals surface area contributed by atoms with Crippen LogP contribution in [-0.4, -0.2) is 28.5 Å². The Labute approximate surface area is 101 Å². The van der Waals surface area contributed by atoms with Gasteiger partial charge in [0.1, 0.15) is 5.82 Å². The second kappa shape index (κ2) is 5.37. The molecule has 0 spiro atoms. The third-order valence-corrected chi connectivity index (χ3v) is 3.46. The fourth-order valence-electron chi connectivity index (χ4n) is 1.62. The first kappa shape index (κ1) is 13.8. The smallest absolute Gasteiger partial charge is 0.265 e. The zero-order chi connectivity index (χ0) is 13.1. The van der Waals surface area contributed by atoms with Crippen molar-refractivity contribution < 1.29 is 13.0 Å². The van der Waals surface area contributed by atoms with Crippen LogP contribution in [0.25, 0.3) is 0 Å². The monoisotopic (exact) mass is 262 g/mol. The van der Waals surface area contributed by atoms with Crippen LogP contribution in [0, 0.1) is 5.92 Å². The molecule has 1 heterocycles. The number of nitrogen functional groups attached to an aromatic ring is 2. The molecule has 1 aromatic heterocycles. The summed E-state index contributed by atoms with van der Waals surface area (Å²) in [5.74, 6) is 0.107. The largest absolute Gasteiger partial charge is 0.394 e. The van der Waals surface area contributed by atoms with Crippen molar-refractivity contribution in [1.29, 1.82) is 0 Å². The molecule has 1 aromatic rings. The number of hydrogen-bond acceptors (Lipinski definition) is 5. The Balaban J connectivity index is 2.36. The molecule has 0 aliphatic heterocycles. The first-order chi connectivity index (χ1) is 7.79. The van der Waals surface area contributed by atoms with E-state index in [-0.39, 0.29) is 11.7 Å². The van der Waals surface area contributed by atoms with Crippen molar-refractivity contribution in [3.8, 4) is 0 Å². The van der Waals surface area contributed by atoms with Gasteiger partial charge in [-0.2, -0.15) is 13.5 Å². The Morgan fingerprint density at radius 1 is 1.53 bits per heavy atom. The first-order valence-corrected chi connectivity index (χ1v) is 6.92. The first-order valence-electron chi connectivity index (χ1n) is 5.31. The lowest BCUT2D eigenvalue weighted by molar-refractivity contribution is 0.449. The highest BCUT2D eigenvalue weighted by Crippen LogP contribution is 2.15. The van der Waals surface area contributed by atoms with Gasteiger partial charge >= 0.3 is 0 Å². The molecule has 0 amide bonds. The third kappa shape index (κ3) is 4.61. The topological polar surface area (TPSA) is 124 Å². The van der Waals surface area contributed by atoms with Crippen molar-refractivity contribution in [3.05, 3.63) is 6.20 Å². The lowest BCUT2D eigenvalue weighted by Gasteiger charge is -2.09. The Morgan fingerprint density at radius 2 is 2.18 bits per heavy atom. The van der Waals surface area contributed by atoms with Gasteiger partial charge in [-0.3, -0.25) is 4.55 Å². The van der Waals surface area contributed by atoms with E-state index >= 15 is 0 Å². The van der Waals surface area contributed by atoms with E-state index in [0.29, 0.717) is 24.5 Å². The minimum absolute atomic E-state index is 0.0980. The minimum Gasteiger partial charge on any atom is -0.394 e. The number of hydrogen-bond donors (Lipinski definition) is 3. The van der Waals surface area contributed by atoms with E-state index in [1.54, 1.807) is 11.6 Å². The Morgan fingerprint density at radius 3 is 2.65 bits per heavy atom. The summed E-state index contributed by atoms with van der Waals surface area (Å²) in [7, 11) is -3.89. The van der Waals surface area contributed by atoms with E-state index in [2.05, 4.69) is 5.10 Å². The van der Waals surface area contributed by atoms with Crippen LogP contribution in [0.5, 0.6) is 0 Å². The maximum absolute atomic E-state index is 10.6. The summed E-state index contributed by atoms with van der Waals surface area (Å²) < 4.78 is 31.5. The number of nitrogens with two attached hydrogens (primary N) is 2. The third-order valence-electron chi connectivity index (χ3n) is 2.47. The molecule has 0 saturated carbocycles. The molecule has 17 heavy (non-hydrogen) atoms. The average molecular weight is 262 g/mol. The molecule has 1 atom stereocenters.